The van der Waals surface area contributed by atoms with Crippen molar-refractivity contribution in [3.63, 3.8) is 0 Å². The van der Waals surface area contributed by atoms with Crippen molar-refractivity contribution in [2.24, 2.45) is 5.73 Å². The SMILES string of the molecule is N[C@@H]1CN(CCC(=O)Nc2cccc(Br)c2)C[C@H]1c1ccccc1. The summed E-state index contributed by atoms with van der Waals surface area (Å²) in [6, 6.07) is 18.1. The van der Waals surface area contributed by atoms with Gasteiger partial charge in [-0.05, 0) is 23.8 Å². The number of likely N-dealkylation sites (tertiary alicyclic amines) is 1. The zero-order valence-electron chi connectivity index (χ0n) is 13.5. The fourth-order valence-corrected chi connectivity index (χ4v) is 3.60. The Morgan fingerprint density at radius 2 is 1.96 bits per heavy atom. The molecule has 4 nitrogen and oxygen atoms in total. The fraction of sp³-hybridized carbons (Fsp3) is 0.316. The molecule has 2 aromatic carbocycles. The summed E-state index contributed by atoms with van der Waals surface area (Å²) in [6.07, 6.45) is 0.473. The summed E-state index contributed by atoms with van der Waals surface area (Å²) in [7, 11) is 0. The lowest BCUT2D eigenvalue weighted by molar-refractivity contribution is -0.116. The van der Waals surface area contributed by atoms with Gasteiger partial charge < -0.3 is 16.0 Å². The number of carbonyl (C=O) groups excluding carboxylic acids is 1. The third-order valence-corrected chi connectivity index (χ3v) is 4.93. The predicted molar refractivity (Wildman–Crippen MR) is 101 cm³/mol. The van der Waals surface area contributed by atoms with Gasteiger partial charge in [-0.2, -0.15) is 0 Å². The molecule has 0 aromatic heterocycles. The molecule has 0 saturated carbocycles. The molecule has 1 heterocycles. The Labute approximate surface area is 151 Å². The number of benzene rings is 2. The van der Waals surface area contributed by atoms with Crippen LogP contribution in [0.3, 0.4) is 0 Å². The van der Waals surface area contributed by atoms with E-state index >= 15 is 0 Å². The van der Waals surface area contributed by atoms with Crippen LogP contribution in [0.1, 0.15) is 17.9 Å². The minimum absolute atomic E-state index is 0.0323. The number of amides is 1. The number of rotatable bonds is 5. The summed E-state index contributed by atoms with van der Waals surface area (Å²) in [4.78, 5) is 14.4. The first-order valence-corrected chi connectivity index (χ1v) is 8.99. The molecule has 24 heavy (non-hydrogen) atoms. The van der Waals surface area contributed by atoms with Gasteiger partial charge in [0.1, 0.15) is 0 Å². The molecule has 5 heteroatoms. The summed E-state index contributed by atoms with van der Waals surface area (Å²) in [5, 5.41) is 2.93. The van der Waals surface area contributed by atoms with Crippen molar-refractivity contribution in [3.05, 3.63) is 64.6 Å². The molecular formula is C19H22BrN3O. The van der Waals surface area contributed by atoms with Crippen LogP contribution >= 0.6 is 15.9 Å². The van der Waals surface area contributed by atoms with Crippen molar-refractivity contribution in [2.75, 3.05) is 25.0 Å². The topological polar surface area (TPSA) is 58.4 Å². The van der Waals surface area contributed by atoms with Crippen LogP contribution in [-0.4, -0.2) is 36.5 Å². The van der Waals surface area contributed by atoms with E-state index in [4.69, 9.17) is 5.73 Å². The van der Waals surface area contributed by atoms with Crippen LogP contribution in [0, 0.1) is 0 Å². The minimum Gasteiger partial charge on any atom is -0.326 e. The average molecular weight is 388 g/mol. The van der Waals surface area contributed by atoms with Crippen molar-refractivity contribution in [2.45, 2.75) is 18.4 Å². The lowest BCUT2D eigenvalue weighted by atomic mass is 9.95. The van der Waals surface area contributed by atoms with E-state index in [-0.39, 0.29) is 11.9 Å². The molecule has 0 bridgehead atoms. The number of nitrogens with zero attached hydrogens (tertiary/aromatic N) is 1. The van der Waals surface area contributed by atoms with E-state index in [1.807, 2.05) is 30.3 Å². The van der Waals surface area contributed by atoms with E-state index in [1.54, 1.807) is 0 Å². The first kappa shape index (κ1) is 17.1. The molecule has 0 unspecified atom stereocenters. The van der Waals surface area contributed by atoms with Gasteiger partial charge in [0.05, 0.1) is 0 Å². The molecule has 126 valence electrons. The normalized spacial score (nSPS) is 20.9. The monoisotopic (exact) mass is 387 g/mol. The van der Waals surface area contributed by atoms with Crippen LogP contribution in [0.15, 0.2) is 59.1 Å². The molecule has 0 radical (unpaired) electrons. The summed E-state index contributed by atoms with van der Waals surface area (Å²) in [5.41, 5.74) is 8.40. The molecule has 2 atom stereocenters. The van der Waals surface area contributed by atoms with Crippen LogP contribution in [-0.2, 0) is 4.79 Å². The van der Waals surface area contributed by atoms with Gasteiger partial charge in [-0.1, -0.05) is 52.3 Å². The smallest absolute Gasteiger partial charge is 0.225 e. The van der Waals surface area contributed by atoms with E-state index in [9.17, 15) is 4.79 Å². The van der Waals surface area contributed by atoms with Crippen molar-refractivity contribution >= 4 is 27.5 Å². The fourth-order valence-electron chi connectivity index (χ4n) is 3.20. The highest BCUT2D eigenvalue weighted by molar-refractivity contribution is 9.10. The van der Waals surface area contributed by atoms with Crippen molar-refractivity contribution in [1.82, 2.24) is 4.90 Å². The van der Waals surface area contributed by atoms with Crippen LogP contribution in [0.5, 0.6) is 0 Å². The Bertz CT molecular complexity index is 692. The second-order valence-electron chi connectivity index (χ2n) is 6.25. The highest BCUT2D eigenvalue weighted by Gasteiger charge is 2.30. The average Bonchev–Trinajstić information content (AvgIpc) is 2.95. The Morgan fingerprint density at radius 3 is 2.71 bits per heavy atom. The van der Waals surface area contributed by atoms with E-state index in [2.05, 4.69) is 50.4 Å². The van der Waals surface area contributed by atoms with Gasteiger partial charge in [0.25, 0.3) is 0 Å². The molecule has 3 N–H and O–H groups in total. The molecule has 1 amide bonds. The Balaban J connectivity index is 1.49. The molecule has 1 fully saturated rings. The number of nitrogens with one attached hydrogen (secondary N) is 1. The maximum Gasteiger partial charge on any atom is 0.225 e. The molecule has 1 aliphatic heterocycles. The lowest BCUT2D eigenvalue weighted by Gasteiger charge is -2.16. The van der Waals surface area contributed by atoms with Crippen molar-refractivity contribution in [3.8, 4) is 0 Å². The van der Waals surface area contributed by atoms with E-state index in [0.29, 0.717) is 12.3 Å². The third kappa shape index (κ3) is 4.44. The molecule has 1 saturated heterocycles. The highest BCUT2D eigenvalue weighted by Crippen LogP contribution is 2.26. The third-order valence-electron chi connectivity index (χ3n) is 4.43. The van der Waals surface area contributed by atoms with Gasteiger partial charge >= 0.3 is 0 Å². The summed E-state index contributed by atoms with van der Waals surface area (Å²) in [5.74, 6) is 0.379. The van der Waals surface area contributed by atoms with Crippen molar-refractivity contribution in [1.29, 1.82) is 0 Å². The quantitative estimate of drug-likeness (QED) is 0.827. The molecule has 0 spiro atoms. The number of halogens is 1. The zero-order valence-corrected chi connectivity index (χ0v) is 15.1. The van der Waals surface area contributed by atoms with Gasteiger partial charge in [0.2, 0.25) is 5.91 Å². The summed E-state index contributed by atoms with van der Waals surface area (Å²) >= 11 is 3.41. The Morgan fingerprint density at radius 1 is 1.17 bits per heavy atom. The second kappa shape index (κ2) is 7.92. The first-order chi connectivity index (χ1) is 11.6. The minimum atomic E-state index is 0.0323. The number of nitrogens with two attached hydrogens (primary N) is 1. The largest absolute Gasteiger partial charge is 0.326 e. The lowest BCUT2D eigenvalue weighted by Crippen LogP contribution is -2.30. The molecular weight excluding hydrogens is 366 g/mol. The van der Waals surface area contributed by atoms with E-state index in [0.717, 1.165) is 29.8 Å². The number of anilines is 1. The first-order valence-electron chi connectivity index (χ1n) is 8.20. The van der Waals surface area contributed by atoms with Crippen LogP contribution in [0.2, 0.25) is 0 Å². The Hall–Kier alpha value is -1.69. The van der Waals surface area contributed by atoms with E-state index < -0.39 is 0 Å². The van der Waals surface area contributed by atoms with Crippen molar-refractivity contribution < 1.29 is 4.79 Å². The molecule has 1 aliphatic rings. The standard InChI is InChI=1S/C19H22BrN3O/c20-15-7-4-8-16(11-15)22-19(24)9-10-23-12-17(18(21)13-23)14-5-2-1-3-6-14/h1-8,11,17-18H,9-10,12-13,21H2,(H,22,24)/t17-,18+/m0/s1. The highest BCUT2D eigenvalue weighted by atomic mass is 79.9. The van der Waals surface area contributed by atoms with Gasteiger partial charge in [0.15, 0.2) is 0 Å². The maximum atomic E-state index is 12.1. The van der Waals surface area contributed by atoms with Crippen LogP contribution < -0.4 is 11.1 Å². The summed E-state index contributed by atoms with van der Waals surface area (Å²) < 4.78 is 0.955. The Kier molecular flexibility index (Phi) is 5.66. The summed E-state index contributed by atoms with van der Waals surface area (Å²) in [6.45, 7) is 2.48. The molecule has 3 rings (SSSR count). The maximum absolute atomic E-state index is 12.1. The van der Waals surface area contributed by atoms with Crippen LogP contribution in [0.4, 0.5) is 5.69 Å². The van der Waals surface area contributed by atoms with Crippen LogP contribution in [0.25, 0.3) is 0 Å². The van der Waals surface area contributed by atoms with Gasteiger partial charge in [0, 0.05) is 48.2 Å². The van der Waals surface area contributed by atoms with E-state index in [1.165, 1.54) is 5.56 Å². The molecule has 2 aromatic rings. The van der Waals surface area contributed by atoms with Gasteiger partial charge in [-0.25, -0.2) is 0 Å². The van der Waals surface area contributed by atoms with Gasteiger partial charge in [-0.15, -0.1) is 0 Å². The number of hydrogen-bond acceptors (Lipinski definition) is 3. The van der Waals surface area contributed by atoms with Gasteiger partial charge in [-0.3, -0.25) is 4.79 Å². The number of hydrogen-bond donors (Lipinski definition) is 2. The second-order valence-corrected chi connectivity index (χ2v) is 7.16. The molecule has 0 aliphatic carbocycles. The predicted octanol–water partition coefficient (Wildman–Crippen LogP) is 3.20. The zero-order chi connectivity index (χ0) is 16.9. The number of carbonyl (C=O) groups is 1.